The third-order valence-electron chi connectivity index (χ3n) is 7.08. The number of ether oxygens (including phenoxy) is 3. The van der Waals surface area contributed by atoms with E-state index in [2.05, 4.69) is 0 Å². The lowest BCUT2D eigenvalue weighted by molar-refractivity contribution is -0.154. The van der Waals surface area contributed by atoms with Crippen LogP contribution in [0.2, 0.25) is 0 Å². The number of anilines is 1. The Bertz CT molecular complexity index is 1040. The van der Waals surface area contributed by atoms with E-state index >= 15 is 0 Å². The number of rotatable bonds is 4. The average Bonchev–Trinajstić information content (AvgIpc) is 3.24. The van der Waals surface area contributed by atoms with Crippen LogP contribution in [0.3, 0.4) is 0 Å². The van der Waals surface area contributed by atoms with Crippen molar-refractivity contribution >= 4 is 23.5 Å². The van der Waals surface area contributed by atoms with E-state index in [4.69, 9.17) is 14.2 Å². The van der Waals surface area contributed by atoms with E-state index in [0.29, 0.717) is 17.9 Å². The van der Waals surface area contributed by atoms with E-state index in [-0.39, 0.29) is 38.1 Å². The molecule has 9 nitrogen and oxygen atoms in total. The molecule has 4 heterocycles. The van der Waals surface area contributed by atoms with E-state index in [1.165, 1.54) is 4.90 Å². The number of amides is 2. The number of likely N-dealkylation sites (tertiary alicyclic amines) is 1. The highest BCUT2D eigenvalue weighted by molar-refractivity contribution is 6.05. The summed E-state index contributed by atoms with van der Waals surface area (Å²) in [7, 11) is 1.57. The van der Waals surface area contributed by atoms with E-state index in [9.17, 15) is 19.5 Å². The maximum Gasteiger partial charge on any atom is 0.312 e. The fourth-order valence-corrected chi connectivity index (χ4v) is 5.60. The molecule has 2 saturated heterocycles. The van der Waals surface area contributed by atoms with Gasteiger partial charge < -0.3 is 29.1 Å². The number of aliphatic hydroxyl groups excluding tert-OH is 1. The van der Waals surface area contributed by atoms with Gasteiger partial charge in [0.15, 0.2) is 0 Å². The molecule has 180 valence electrons. The van der Waals surface area contributed by atoms with Crippen molar-refractivity contribution < 1.29 is 33.7 Å². The van der Waals surface area contributed by atoms with Crippen LogP contribution >= 0.6 is 0 Å². The van der Waals surface area contributed by atoms with Crippen LogP contribution in [0.5, 0.6) is 5.75 Å². The van der Waals surface area contributed by atoms with Crippen LogP contribution in [0.4, 0.5) is 5.69 Å². The van der Waals surface area contributed by atoms with Crippen molar-refractivity contribution in [2.45, 2.75) is 30.6 Å². The zero-order valence-corrected chi connectivity index (χ0v) is 19.0. The quantitative estimate of drug-likeness (QED) is 0.520. The SMILES string of the molecule is COc1ccc(N2CC=C[C@]34O[C@H]5/C=C\CCCOC(=O)[C@H]5[C@H]3C(=O)N(CCO)C4C2=O)cc1. The molecule has 1 spiro atoms. The molecule has 1 unspecified atom stereocenters. The Morgan fingerprint density at radius 3 is 2.68 bits per heavy atom. The van der Waals surface area contributed by atoms with Gasteiger partial charge in [0.1, 0.15) is 23.3 Å². The summed E-state index contributed by atoms with van der Waals surface area (Å²) in [5.41, 5.74) is -0.685. The summed E-state index contributed by atoms with van der Waals surface area (Å²) in [6.45, 7) is 0.187. The van der Waals surface area contributed by atoms with Gasteiger partial charge in [0.05, 0.1) is 32.3 Å². The van der Waals surface area contributed by atoms with Crippen LogP contribution < -0.4 is 9.64 Å². The molecule has 1 aromatic rings. The topological polar surface area (TPSA) is 106 Å². The lowest BCUT2D eigenvalue weighted by atomic mass is 9.78. The lowest BCUT2D eigenvalue weighted by Crippen LogP contribution is -2.55. The minimum atomic E-state index is -1.33. The number of carbonyl (C=O) groups excluding carboxylic acids is 3. The molecule has 0 aromatic heterocycles. The summed E-state index contributed by atoms with van der Waals surface area (Å²) in [5, 5.41) is 9.70. The minimum Gasteiger partial charge on any atom is -0.497 e. The summed E-state index contributed by atoms with van der Waals surface area (Å²) in [4.78, 5) is 43.7. The van der Waals surface area contributed by atoms with Crippen LogP contribution in [0.15, 0.2) is 48.6 Å². The normalized spacial score (nSPS) is 33.8. The number of methoxy groups -OCH3 is 1. The van der Waals surface area contributed by atoms with Crippen molar-refractivity contribution in [2.75, 3.05) is 38.3 Å². The number of β-amino-alcohol motifs (C(OH)–C–C–N with tert-alkyl or cyclic N) is 1. The second-order valence-corrected chi connectivity index (χ2v) is 8.88. The number of allylic oxidation sites excluding steroid dienone is 1. The fourth-order valence-electron chi connectivity index (χ4n) is 5.60. The maximum atomic E-state index is 14.0. The highest BCUT2D eigenvalue weighted by atomic mass is 16.6. The Morgan fingerprint density at radius 1 is 1.15 bits per heavy atom. The van der Waals surface area contributed by atoms with E-state index in [0.717, 1.165) is 6.42 Å². The molecule has 4 aliphatic rings. The second-order valence-electron chi connectivity index (χ2n) is 8.88. The van der Waals surface area contributed by atoms with Crippen molar-refractivity contribution in [3.05, 3.63) is 48.6 Å². The molecule has 0 saturated carbocycles. The van der Waals surface area contributed by atoms with Crippen LogP contribution in [-0.2, 0) is 23.9 Å². The van der Waals surface area contributed by atoms with Gasteiger partial charge in [-0.15, -0.1) is 0 Å². The number of esters is 1. The van der Waals surface area contributed by atoms with Gasteiger partial charge in [-0.3, -0.25) is 14.4 Å². The number of aliphatic hydroxyl groups is 1. The molecule has 5 rings (SSSR count). The largest absolute Gasteiger partial charge is 0.497 e. The van der Waals surface area contributed by atoms with Crippen molar-refractivity contribution in [3.8, 4) is 5.75 Å². The van der Waals surface area contributed by atoms with Crippen LogP contribution in [0.1, 0.15) is 12.8 Å². The Morgan fingerprint density at radius 2 is 1.94 bits per heavy atom. The van der Waals surface area contributed by atoms with Crippen LogP contribution in [-0.4, -0.2) is 79.0 Å². The number of carbonyl (C=O) groups is 3. The monoisotopic (exact) mass is 468 g/mol. The van der Waals surface area contributed by atoms with Crippen molar-refractivity contribution in [1.29, 1.82) is 0 Å². The standard InChI is InChI=1S/C25H28N2O7/c1-32-17-9-7-16(8-10-17)26-12-5-11-25-20(22(29)27(13-14-28)21(25)23(26)30)19-18(34-25)6-3-2-4-15-33-24(19)31/h3,5-11,18-21,28H,2,4,12-15H2,1H3/b6-3-/t18-,19+,20-,21?,25-/m0/s1. The number of benzene rings is 1. The molecule has 9 heteroatoms. The van der Waals surface area contributed by atoms with Gasteiger partial charge in [0, 0.05) is 18.8 Å². The first-order valence-electron chi connectivity index (χ1n) is 11.6. The average molecular weight is 469 g/mol. The van der Waals surface area contributed by atoms with Gasteiger partial charge in [-0.25, -0.2) is 0 Å². The summed E-state index contributed by atoms with van der Waals surface area (Å²) in [6.07, 6.45) is 8.07. The predicted octanol–water partition coefficient (Wildman–Crippen LogP) is 1.06. The van der Waals surface area contributed by atoms with Gasteiger partial charge >= 0.3 is 5.97 Å². The first kappa shape index (κ1) is 22.6. The van der Waals surface area contributed by atoms with Crippen LogP contribution in [0.25, 0.3) is 0 Å². The van der Waals surface area contributed by atoms with Gasteiger partial charge in [-0.05, 0) is 37.1 Å². The molecule has 1 aromatic carbocycles. The van der Waals surface area contributed by atoms with E-state index in [1.807, 2.05) is 18.2 Å². The zero-order chi connectivity index (χ0) is 23.9. The van der Waals surface area contributed by atoms with Gasteiger partial charge in [0.25, 0.3) is 5.91 Å². The van der Waals surface area contributed by atoms with Crippen molar-refractivity contribution in [1.82, 2.24) is 4.90 Å². The Balaban J connectivity index is 1.58. The smallest absolute Gasteiger partial charge is 0.312 e. The molecular weight excluding hydrogens is 440 g/mol. The number of cyclic esters (lactones) is 1. The summed E-state index contributed by atoms with van der Waals surface area (Å²) in [5.74, 6) is -2.33. The number of fused-ring (bicyclic) bond motifs is 2. The Labute approximate surface area is 197 Å². The predicted molar refractivity (Wildman–Crippen MR) is 121 cm³/mol. The fraction of sp³-hybridized carbons (Fsp3) is 0.480. The zero-order valence-electron chi connectivity index (χ0n) is 19.0. The molecule has 0 aliphatic carbocycles. The summed E-state index contributed by atoms with van der Waals surface area (Å²) < 4.78 is 17.2. The number of nitrogens with zero attached hydrogens (tertiary/aromatic N) is 2. The molecule has 4 aliphatic heterocycles. The van der Waals surface area contributed by atoms with E-state index in [1.54, 1.807) is 42.4 Å². The number of hydrogen-bond acceptors (Lipinski definition) is 7. The molecule has 0 bridgehead atoms. The minimum absolute atomic E-state index is 0.0383. The van der Waals surface area contributed by atoms with Crippen molar-refractivity contribution in [3.63, 3.8) is 0 Å². The molecule has 2 amide bonds. The molecule has 5 atom stereocenters. The summed E-state index contributed by atoms with van der Waals surface area (Å²) >= 11 is 0. The molecule has 34 heavy (non-hydrogen) atoms. The van der Waals surface area contributed by atoms with Crippen LogP contribution in [0, 0.1) is 11.8 Å². The van der Waals surface area contributed by atoms with E-state index < -0.39 is 35.6 Å². The first-order valence-corrected chi connectivity index (χ1v) is 11.6. The highest BCUT2D eigenvalue weighted by Gasteiger charge is 2.71. The molecule has 2 fully saturated rings. The Hall–Kier alpha value is -3.17. The summed E-state index contributed by atoms with van der Waals surface area (Å²) in [6, 6.07) is 6.06. The third kappa shape index (κ3) is 3.42. The van der Waals surface area contributed by atoms with Gasteiger partial charge in [0.2, 0.25) is 5.91 Å². The lowest BCUT2D eigenvalue weighted by Gasteiger charge is -2.35. The molecular formula is C25H28N2O7. The first-order chi connectivity index (χ1) is 16.5. The van der Waals surface area contributed by atoms with Crippen molar-refractivity contribution in [2.24, 2.45) is 11.8 Å². The Kier molecular flexibility index (Phi) is 5.91. The third-order valence-corrected chi connectivity index (χ3v) is 7.08. The molecule has 1 N–H and O–H groups in total. The highest BCUT2D eigenvalue weighted by Crippen LogP contribution is 2.53. The molecule has 0 radical (unpaired) electrons. The second kappa shape index (κ2) is 8.88. The van der Waals surface area contributed by atoms with Gasteiger partial charge in [-0.2, -0.15) is 0 Å². The van der Waals surface area contributed by atoms with Gasteiger partial charge in [-0.1, -0.05) is 24.3 Å². The maximum absolute atomic E-state index is 14.0. The number of hydrogen-bond donors (Lipinski definition) is 1.